The molecule has 0 amide bonds. The monoisotopic (exact) mass is 402 g/mol. The van der Waals surface area contributed by atoms with E-state index < -0.39 is 0 Å². The topological polar surface area (TPSA) is 0 Å². The van der Waals surface area contributed by atoms with Crippen LogP contribution in [-0.2, 0) is 0 Å². The van der Waals surface area contributed by atoms with E-state index in [1.807, 2.05) is 0 Å². The van der Waals surface area contributed by atoms with Crippen LogP contribution in [0.1, 0.15) is 77.0 Å². The highest BCUT2D eigenvalue weighted by atomic mass is 32.2. The van der Waals surface area contributed by atoms with E-state index >= 15 is 0 Å². The molecule has 2 heterocycles. The van der Waals surface area contributed by atoms with Gasteiger partial charge in [-0.3, -0.25) is 0 Å². The minimum absolute atomic E-state index is 0.566. The van der Waals surface area contributed by atoms with Gasteiger partial charge in [0.05, 0.1) is 8.16 Å². The molecule has 2 spiro atoms. The van der Waals surface area contributed by atoms with Gasteiger partial charge in [-0.1, -0.05) is 25.0 Å². The van der Waals surface area contributed by atoms with Crippen molar-refractivity contribution in [3.8, 4) is 0 Å². The highest BCUT2D eigenvalue weighted by molar-refractivity contribution is 8.19. The molecule has 0 atom stereocenters. The van der Waals surface area contributed by atoms with E-state index in [0.717, 1.165) is 0 Å². The van der Waals surface area contributed by atoms with Crippen molar-refractivity contribution in [2.75, 3.05) is 23.0 Å². The number of hydrogen-bond acceptors (Lipinski definition) is 4. The molecule has 2 saturated heterocycles. The van der Waals surface area contributed by atoms with E-state index in [2.05, 4.69) is 59.2 Å². The maximum Gasteiger partial charge on any atom is 0.0611 e. The average Bonchev–Trinajstić information content (AvgIpc) is 2.62. The van der Waals surface area contributed by atoms with E-state index in [1.165, 1.54) is 100 Å². The van der Waals surface area contributed by atoms with Gasteiger partial charge in [-0.2, -0.15) is 0 Å². The second-order valence-electron chi connectivity index (χ2n) is 7.39. The first-order valence-corrected chi connectivity index (χ1v) is 14.0. The van der Waals surface area contributed by atoms with Crippen LogP contribution in [0.15, 0.2) is 12.2 Å². The molecular weight excluding hydrogens is 368 g/mol. The molecule has 0 radical (unpaired) electrons. The first-order chi connectivity index (χ1) is 11.8. The first-order valence-electron chi connectivity index (χ1n) is 10.0. The fraction of sp³-hybridized carbons (Fsp3) is 0.900. The molecule has 2 aliphatic heterocycles. The summed E-state index contributed by atoms with van der Waals surface area (Å²) in [6.45, 7) is 0. The van der Waals surface area contributed by atoms with Gasteiger partial charge in [-0.05, 0) is 87.2 Å². The summed E-state index contributed by atoms with van der Waals surface area (Å²) in [5.41, 5.74) is 0. The lowest BCUT2D eigenvalue weighted by atomic mass is 10.0. The van der Waals surface area contributed by atoms with Crippen LogP contribution in [0.25, 0.3) is 0 Å². The third-order valence-electron chi connectivity index (χ3n) is 5.43. The van der Waals surface area contributed by atoms with Gasteiger partial charge in [0.2, 0.25) is 0 Å². The molecule has 3 aliphatic rings. The standard InChI is InChI=1S/C20H34S4/c1-2-4-6-12-20(23-17-10-18-24-20)14-8-7-13-19(11-5-3-1)21-15-9-16-22-19/h1-2H,3-18H2/b2-1+. The third-order valence-corrected chi connectivity index (χ3v) is 12.5. The molecule has 3 rings (SSSR count). The molecular formula is C20H34S4. The Morgan fingerprint density at radius 1 is 0.458 bits per heavy atom. The molecule has 0 bridgehead atoms. The zero-order valence-corrected chi connectivity index (χ0v) is 18.4. The summed E-state index contributed by atoms with van der Waals surface area (Å²) in [6.07, 6.45) is 21.9. The van der Waals surface area contributed by atoms with E-state index in [1.54, 1.807) is 0 Å². The number of hydrogen-bond donors (Lipinski definition) is 0. The van der Waals surface area contributed by atoms with Crippen LogP contribution in [0.3, 0.4) is 0 Å². The summed E-state index contributed by atoms with van der Waals surface area (Å²) in [6, 6.07) is 0. The molecule has 0 unspecified atom stereocenters. The Bertz CT molecular complexity index is 345. The fourth-order valence-electron chi connectivity index (χ4n) is 4.06. The Labute approximate surface area is 166 Å². The first kappa shape index (κ1) is 19.9. The van der Waals surface area contributed by atoms with Crippen molar-refractivity contribution in [3.05, 3.63) is 12.2 Å². The van der Waals surface area contributed by atoms with Gasteiger partial charge < -0.3 is 0 Å². The number of allylic oxidation sites excluding steroid dienone is 2. The van der Waals surface area contributed by atoms with Crippen molar-refractivity contribution in [1.29, 1.82) is 0 Å². The van der Waals surface area contributed by atoms with Crippen molar-refractivity contribution in [2.45, 2.75) is 85.2 Å². The van der Waals surface area contributed by atoms with E-state index in [0.29, 0.717) is 8.16 Å². The molecule has 0 aromatic heterocycles. The maximum absolute atomic E-state index is 2.48. The molecule has 2 fully saturated rings. The zero-order chi connectivity index (χ0) is 16.6. The predicted octanol–water partition coefficient (Wildman–Crippen LogP) is 7.59. The van der Waals surface area contributed by atoms with Gasteiger partial charge in [0.1, 0.15) is 0 Å². The van der Waals surface area contributed by atoms with Crippen LogP contribution < -0.4 is 0 Å². The van der Waals surface area contributed by atoms with E-state index in [-0.39, 0.29) is 0 Å². The molecule has 24 heavy (non-hydrogen) atoms. The van der Waals surface area contributed by atoms with E-state index in [4.69, 9.17) is 0 Å². The summed E-state index contributed by atoms with van der Waals surface area (Å²) >= 11 is 9.21. The van der Waals surface area contributed by atoms with Crippen LogP contribution in [0.4, 0.5) is 0 Å². The number of thioether (sulfide) groups is 4. The molecule has 0 aromatic rings. The molecule has 138 valence electrons. The highest BCUT2D eigenvalue weighted by Gasteiger charge is 2.35. The smallest absolute Gasteiger partial charge is 0.0611 e. The SMILES string of the molecule is C1=C/CCCC2(CCCCC3(CCC/1)SCCCS3)SCCCS2. The van der Waals surface area contributed by atoms with Crippen LogP contribution in [0, 0.1) is 0 Å². The van der Waals surface area contributed by atoms with Crippen LogP contribution >= 0.6 is 47.0 Å². The van der Waals surface area contributed by atoms with Gasteiger partial charge in [-0.25, -0.2) is 0 Å². The Morgan fingerprint density at radius 3 is 1.25 bits per heavy atom. The summed E-state index contributed by atoms with van der Waals surface area (Å²) in [5, 5.41) is 0. The summed E-state index contributed by atoms with van der Waals surface area (Å²) in [4.78, 5) is 0. The average molecular weight is 403 g/mol. The van der Waals surface area contributed by atoms with Crippen molar-refractivity contribution in [3.63, 3.8) is 0 Å². The Balaban J connectivity index is 1.60. The van der Waals surface area contributed by atoms with Crippen LogP contribution in [0.2, 0.25) is 0 Å². The molecule has 4 heteroatoms. The summed E-state index contributed by atoms with van der Waals surface area (Å²) < 4.78 is 1.13. The second-order valence-corrected chi connectivity index (χ2v) is 13.8. The zero-order valence-electron chi connectivity index (χ0n) is 15.1. The fourth-order valence-corrected chi connectivity index (χ4v) is 11.0. The van der Waals surface area contributed by atoms with Gasteiger partial charge in [0.15, 0.2) is 0 Å². The molecule has 0 N–H and O–H groups in total. The largest absolute Gasteiger partial charge is 0.144 e. The van der Waals surface area contributed by atoms with Gasteiger partial charge in [0, 0.05) is 0 Å². The third kappa shape index (κ3) is 6.09. The van der Waals surface area contributed by atoms with Crippen molar-refractivity contribution in [2.24, 2.45) is 0 Å². The van der Waals surface area contributed by atoms with Crippen LogP contribution in [-0.4, -0.2) is 31.2 Å². The maximum atomic E-state index is 2.48. The quantitative estimate of drug-likeness (QED) is 0.382. The predicted molar refractivity (Wildman–Crippen MR) is 120 cm³/mol. The summed E-state index contributed by atoms with van der Waals surface area (Å²) in [5.74, 6) is 5.61. The molecule has 0 aromatic carbocycles. The Morgan fingerprint density at radius 2 is 0.833 bits per heavy atom. The Kier molecular flexibility index (Phi) is 8.67. The minimum Gasteiger partial charge on any atom is -0.144 e. The van der Waals surface area contributed by atoms with Crippen LogP contribution in [0.5, 0.6) is 0 Å². The molecule has 0 saturated carbocycles. The van der Waals surface area contributed by atoms with Gasteiger partial charge in [-0.15, -0.1) is 47.0 Å². The van der Waals surface area contributed by atoms with Crippen molar-refractivity contribution >= 4 is 47.0 Å². The second kappa shape index (κ2) is 10.5. The van der Waals surface area contributed by atoms with E-state index in [9.17, 15) is 0 Å². The lowest BCUT2D eigenvalue weighted by Crippen LogP contribution is -2.27. The van der Waals surface area contributed by atoms with Gasteiger partial charge >= 0.3 is 0 Å². The summed E-state index contributed by atoms with van der Waals surface area (Å²) in [7, 11) is 0. The Hall–Kier alpha value is 1.14. The highest BCUT2D eigenvalue weighted by Crippen LogP contribution is 2.51. The molecule has 1 aliphatic carbocycles. The number of rotatable bonds is 0. The van der Waals surface area contributed by atoms with Gasteiger partial charge in [0.25, 0.3) is 0 Å². The van der Waals surface area contributed by atoms with Crippen molar-refractivity contribution in [1.82, 2.24) is 0 Å². The minimum atomic E-state index is 0.566. The normalized spacial score (nSPS) is 30.7. The lowest BCUT2D eigenvalue weighted by Gasteiger charge is -2.38. The lowest BCUT2D eigenvalue weighted by molar-refractivity contribution is 0.531. The van der Waals surface area contributed by atoms with Crippen molar-refractivity contribution < 1.29 is 0 Å². The molecule has 0 nitrogen and oxygen atoms in total.